The number of amides is 1. The maximum Gasteiger partial charge on any atom is 0.335 e. The van der Waals surface area contributed by atoms with E-state index in [1.165, 1.54) is 0 Å². The summed E-state index contributed by atoms with van der Waals surface area (Å²) in [5.74, 6) is -1.26. The van der Waals surface area contributed by atoms with Crippen LogP contribution in [0.2, 0.25) is 0 Å². The number of benzene rings is 1. The summed E-state index contributed by atoms with van der Waals surface area (Å²) < 4.78 is 2.03. The molecule has 0 saturated heterocycles. The second-order valence-electron chi connectivity index (χ2n) is 6.40. The Morgan fingerprint density at radius 2 is 1.79 bits per heavy atom. The minimum atomic E-state index is -0.951. The van der Waals surface area contributed by atoms with Gasteiger partial charge in [0.2, 0.25) is 0 Å². The normalized spacial score (nSPS) is 11.0. The molecule has 1 amide bonds. The van der Waals surface area contributed by atoms with Crippen LogP contribution in [0.3, 0.4) is 0 Å². The molecule has 0 fully saturated rings. The average Bonchev–Trinajstić information content (AvgIpc) is 2.96. The van der Waals surface area contributed by atoms with Crippen LogP contribution in [0.1, 0.15) is 43.2 Å². The van der Waals surface area contributed by atoms with Crippen LogP contribution < -0.4 is 5.43 Å². The molecule has 0 bridgehead atoms. The number of carboxylic acids is 1. The number of carbonyl (C=O) groups excluding carboxylic acids is 1. The van der Waals surface area contributed by atoms with E-state index in [1.54, 1.807) is 48.9 Å². The number of nitrogens with one attached hydrogen (secondary N) is 1. The summed E-state index contributed by atoms with van der Waals surface area (Å²) in [4.78, 5) is 27.1. The maximum absolute atomic E-state index is 12.0. The Hall–Kier alpha value is -3.74. The summed E-state index contributed by atoms with van der Waals surface area (Å²) in [6.07, 6.45) is 4.69. The highest BCUT2D eigenvalue weighted by Gasteiger charge is 2.13. The fourth-order valence-corrected chi connectivity index (χ4v) is 3.06. The minimum Gasteiger partial charge on any atom is -0.478 e. The molecule has 0 unspecified atom stereocenters. The molecule has 142 valence electrons. The largest absolute Gasteiger partial charge is 0.478 e. The van der Waals surface area contributed by atoms with Crippen LogP contribution in [0.5, 0.6) is 0 Å². The van der Waals surface area contributed by atoms with Crippen molar-refractivity contribution in [2.24, 2.45) is 5.10 Å². The first-order chi connectivity index (χ1) is 13.4. The van der Waals surface area contributed by atoms with Gasteiger partial charge in [-0.05, 0) is 62.7 Å². The van der Waals surface area contributed by atoms with Crippen molar-refractivity contribution < 1.29 is 14.7 Å². The number of pyridine rings is 1. The third-order valence-electron chi connectivity index (χ3n) is 4.47. The molecule has 0 saturated carbocycles. The maximum atomic E-state index is 12.0. The molecule has 2 aromatic heterocycles. The smallest absolute Gasteiger partial charge is 0.335 e. The van der Waals surface area contributed by atoms with Crippen LogP contribution in [0.4, 0.5) is 0 Å². The first-order valence-corrected chi connectivity index (χ1v) is 8.65. The fourth-order valence-electron chi connectivity index (χ4n) is 3.06. The van der Waals surface area contributed by atoms with E-state index in [2.05, 4.69) is 15.5 Å². The Kier molecular flexibility index (Phi) is 5.35. The molecule has 0 aliphatic carbocycles. The summed E-state index contributed by atoms with van der Waals surface area (Å²) in [5, 5.41) is 13.2. The van der Waals surface area contributed by atoms with Gasteiger partial charge < -0.3 is 9.67 Å². The van der Waals surface area contributed by atoms with Crippen molar-refractivity contribution in [2.45, 2.75) is 20.8 Å². The van der Waals surface area contributed by atoms with Crippen LogP contribution in [0, 0.1) is 20.8 Å². The van der Waals surface area contributed by atoms with E-state index < -0.39 is 5.97 Å². The number of aromatic nitrogens is 2. The second-order valence-corrected chi connectivity index (χ2v) is 6.40. The highest BCUT2D eigenvalue weighted by molar-refractivity contribution is 5.94. The lowest BCUT2D eigenvalue weighted by Crippen LogP contribution is -2.17. The summed E-state index contributed by atoms with van der Waals surface area (Å²) in [6.45, 7) is 5.79. The third kappa shape index (κ3) is 3.83. The van der Waals surface area contributed by atoms with Gasteiger partial charge in [0.05, 0.1) is 11.8 Å². The lowest BCUT2D eigenvalue weighted by Gasteiger charge is -2.13. The zero-order valence-electron chi connectivity index (χ0n) is 15.8. The average molecular weight is 376 g/mol. The number of carboxylic acid groups (broad SMARTS) is 1. The number of hydrogen-bond acceptors (Lipinski definition) is 4. The Morgan fingerprint density at radius 1 is 1.07 bits per heavy atom. The molecule has 28 heavy (non-hydrogen) atoms. The van der Waals surface area contributed by atoms with Gasteiger partial charge in [-0.25, -0.2) is 10.2 Å². The predicted octanol–water partition coefficient (Wildman–Crippen LogP) is 3.26. The van der Waals surface area contributed by atoms with Gasteiger partial charge in [0.1, 0.15) is 0 Å². The van der Waals surface area contributed by atoms with Gasteiger partial charge in [0, 0.05) is 40.6 Å². The van der Waals surface area contributed by atoms with Crippen LogP contribution in [0.15, 0.2) is 53.9 Å². The van der Waals surface area contributed by atoms with E-state index in [1.807, 2.05) is 31.4 Å². The Morgan fingerprint density at radius 3 is 2.43 bits per heavy atom. The fraction of sp³-hybridized carbons (Fsp3) is 0.143. The van der Waals surface area contributed by atoms with E-state index in [9.17, 15) is 9.59 Å². The van der Waals surface area contributed by atoms with Crippen molar-refractivity contribution in [3.8, 4) is 5.69 Å². The van der Waals surface area contributed by atoms with E-state index in [4.69, 9.17) is 5.11 Å². The number of aromatic carboxylic acids is 1. The van der Waals surface area contributed by atoms with E-state index in [0.717, 1.165) is 28.2 Å². The van der Waals surface area contributed by atoms with Crippen molar-refractivity contribution >= 4 is 18.1 Å². The van der Waals surface area contributed by atoms with E-state index in [-0.39, 0.29) is 11.5 Å². The SMILES string of the molecule is Cc1cc(C(=O)O)ccc1-n1c(C)cc(/C=N/NC(=O)c2ccncc2)c1C. The molecule has 0 atom stereocenters. The summed E-state index contributed by atoms with van der Waals surface area (Å²) >= 11 is 0. The highest BCUT2D eigenvalue weighted by Crippen LogP contribution is 2.23. The van der Waals surface area contributed by atoms with Gasteiger partial charge in [0.15, 0.2) is 0 Å². The minimum absolute atomic E-state index is 0.254. The summed E-state index contributed by atoms with van der Waals surface area (Å²) in [7, 11) is 0. The van der Waals surface area contributed by atoms with Crippen molar-refractivity contribution in [1.29, 1.82) is 0 Å². The monoisotopic (exact) mass is 376 g/mol. The van der Waals surface area contributed by atoms with Gasteiger partial charge in [-0.15, -0.1) is 0 Å². The van der Waals surface area contributed by atoms with Gasteiger partial charge in [0.25, 0.3) is 5.91 Å². The number of hydrogen-bond donors (Lipinski definition) is 2. The first-order valence-electron chi connectivity index (χ1n) is 8.65. The molecule has 7 heteroatoms. The molecule has 0 aliphatic heterocycles. The Bertz CT molecular complexity index is 1070. The first kappa shape index (κ1) is 19.0. The molecular weight excluding hydrogens is 356 g/mol. The predicted molar refractivity (Wildman–Crippen MR) is 106 cm³/mol. The Balaban J connectivity index is 1.84. The molecule has 2 heterocycles. The number of carbonyl (C=O) groups is 2. The lowest BCUT2D eigenvalue weighted by atomic mass is 10.1. The van der Waals surface area contributed by atoms with Crippen LogP contribution >= 0.6 is 0 Å². The number of nitrogens with zero attached hydrogens (tertiary/aromatic N) is 3. The number of aryl methyl sites for hydroxylation is 2. The quantitative estimate of drug-likeness (QED) is 0.528. The highest BCUT2D eigenvalue weighted by atomic mass is 16.4. The number of rotatable bonds is 5. The van der Waals surface area contributed by atoms with E-state index >= 15 is 0 Å². The zero-order valence-corrected chi connectivity index (χ0v) is 15.8. The van der Waals surface area contributed by atoms with Gasteiger partial charge in [-0.3, -0.25) is 9.78 Å². The molecule has 3 rings (SSSR count). The zero-order chi connectivity index (χ0) is 20.3. The number of hydrazone groups is 1. The standard InChI is InChI=1S/C21H20N4O3/c1-13-10-17(21(27)28)4-5-19(13)25-14(2)11-18(15(25)3)12-23-24-20(26)16-6-8-22-9-7-16/h4-12H,1-3H3,(H,24,26)(H,27,28)/b23-12+. The topological polar surface area (TPSA) is 96.6 Å². The molecule has 0 aliphatic rings. The van der Waals surface area contributed by atoms with Gasteiger partial charge >= 0.3 is 5.97 Å². The van der Waals surface area contributed by atoms with Crippen molar-refractivity contribution in [1.82, 2.24) is 15.0 Å². The van der Waals surface area contributed by atoms with E-state index in [0.29, 0.717) is 5.56 Å². The summed E-state index contributed by atoms with van der Waals surface area (Å²) in [6, 6.07) is 10.2. The molecular formula is C21H20N4O3. The summed E-state index contributed by atoms with van der Waals surface area (Å²) in [5.41, 5.74) is 7.76. The van der Waals surface area contributed by atoms with Crippen LogP contribution in [-0.2, 0) is 0 Å². The van der Waals surface area contributed by atoms with Crippen molar-refractivity contribution in [2.75, 3.05) is 0 Å². The molecule has 3 aromatic rings. The van der Waals surface area contributed by atoms with Gasteiger partial charge in [-0.2, -0.15) is 5.10 Å². The molecule has 1 aromatic carbocycles. The third-order valence-corrected chi connectivity index (χ3v) is 4.47. The van der Waals surface area contributed by atoms with Crippen molar-refractivity contribution in [3.05, 3.63) is 82.4 Å². The van der Waals surface area contributed by atoms with Gasteiger partial charge in [-0.1, -0.05) is 0 Å². The lowest BCUT2D eigenvalue weighted by molar-refractivity contribution is 0.0696. The second kappa shape index (κ2) is 7.87. The Labute approximate surface area is 162 Å². The molecule has 7 nitrogen and oxygen atoms in total. The molecule has 2 N–H and O–H groups in total. The molecule has 0 spiro atoms. The van der Waals surface area contributed by atoms with Crippen molar-refractivity contribution in [3.63, 3.8) is 0 Å². The van der Waals surface area contributed by atoms with Crippen LogP contribution in [0.25, 0.3) is 5.69 Å². The molecule has 0 radical (unpaired) electrons. The van der Waals surface area contributed by atoms with Crippen LogP contribution in [-0.4, -0.2) is 32.7 Å².